The summed E-state index contributed by atoms with van der Waals surface area (Å²) in [5.41, 5.74) is 1.80. The molecule has 0 saturated carbocycles. The normalized spacial score (nSPS) is 14.8. The van der Waals surface area contributed by atoms with Crippen molar-refractivity contribution in [1.82, 2.24) is 14.9 Å². The molecule has 1 fully saturated rings. The number of urea groups is 1. The molecule has 0 bridgehead atoms. The third-order valence-corrected chi connectivity index (χ3v) is 5.02. The number of para-hydroxylation sites is 1. The number of aromatic nitrogens is 2. The minimum Gasteiger partial charge on any atom is -0.352 e. The zero-order valence-electron chi connectivity index (χ0n) is 13.1. The number of anilines is 2. The topological polar surface area (TPSA) is 61.4 Å². The van der Waals surface area contributed by atoms with E-state index in [1.54, 1.807) is 17.7 Å². The van der Waals surface area contributed by atoms with E-state index in [9.17, 15) is 4.79 Å². The minimum absolute atomic E-state index is 0.0511. The van der Waals surface area contributed by atoms with Crippen LogP contribution in [0.25, 0.3) is 10.2 Å². The van der Waals surface area contributed by atoms with Crippen molar-refractivity contribution in [3.05, 3.63) is 48.1 Å². The van der Waals surface area contributed by atoms with Gasteiger partial charge in [-0.2, -0.15) is 0 Å². The first kappa shape index (κ1) is 14.9. The lowest BCUT2D eigenvalue weighted by Gasteiger charge is -2.35. The molecule has 0 unspecified atom stereocenters. The third kappa shape index (κ3) is 2.90. The molecule has 24 heavy (non-hydrogen) atoms. The Kier molecular flexibility index (Phi) is 4.00. The number of piperazine rings is 1. The number of carbonyl (C=O) groups excluding carboxylic acids is 1. The van der Waals surface area contributed by atoms with Crippen molar-refractivity contribution in [3.63, 3.8) is 0 Å². The Morgan fingerprint density at radius 2 is 1.83 bits per heavy atom. The second-order valence-corrected chi connectivity index (χ2v) is 6.52. The molecule has 1 aromatic carbocycles. The van der Waals surface area contributed by atoms with Crippen LogP contribution in [0.5, 0.6) is 0 Å². The number of amides is 2. The van der Waals surface area contributed by atoms with Gasteiger partial charge in [-0.15, -0.1) is 11.3 Å². The van der Waals surface area contributed by atoms with Gasteiger partial charge in [-0.1, -0.05) is 18.2 Å². The van der Waals surface area contributed by atoms with Crippen LogP contribution in [-0.4, -0.2) is 47.1 Å². The maximum Gasteiger partial charge on any atom is 0.321 e. The van der Waals surface area contributed by atoms with Crippen molar-refractivity contribution in [2.24, 2.45) is 0 Å². The molecule has 2 amide bonds. The fourth-order valence-electron chi connectivity index (χ4n) is 2.85. The fourth-order valence-corrected chi connectivity index (χ4v) is 3.71. The summed E-state index contributed by atoms with van der Waals surface area (Å²) in [4.78, 5) is 25.2. The van der Waals surface area contributed by atoms with E-state index in [0.29, 0.717) is 13.1 Å². The minimum atomic E-state index is -0.0511. The molecular weight excluding hydrogens is 322 g/mol. The Morgan fingerprint density at radius 1 is 1.04 bits per heavy atom. The molecule has 3 heterocycles. The first-order valence-corrected chi connectivity index (χ1v) is 8.73. The zero-order chi connectivity index (χ0) is 16.4. The van der Waals surface area contributed by atoms with Crippen LogP contribution in [0.1, 0.15) is 0 Å². The monoisotopic (exact) mass is 339 g/mol. The van der Waals surface area contributed by atoms with Gasteiger partial charge in [0.05, 0.1) is 10.2 Å². The summed E-state index contributed by atoms with van der Waals surface area (Å²) in [6.45, 7) is 2.89. The SMILES string of the molecule is O=C(Nc1ccccc1)N1CCN(c2ncnc3ccsc23)CC1. The highest BCUT2D eigenvalue weighted by atomic mass is 32.1. The van der Waals surface area contributed by atoms with Gasteiger partial charge in [0.2, 0.25) is 0 Å². The van der Waals surface area contributed by atoms with Crippen molar-refractivity contribution >= 4 is 39.1 Å². The van der Waals surface area contributed by atoms with Gasteiger partial charge in [0.25, 0.3) is 0 Å². The van der Waals surface area contributed by atoms with E-state index in [1.807, 2.05) is 46.7 Å². The smallest absolute Gasteiger partial charge is 0.321 e. The molecule has 122 valence electrons. The lowest BCUT2D eigenvalue weighted by Crippen LogP contribution is -2.50. The summed E-state index contributed by atoms with van der Waals surface area (Å²) in [6.07, 6.45) is 1.61. The van der Waals surface area contributed by atoms with Crippen LogP contribution in [0.3, 0.4) is 0 Å². The Hall–Kier alpha value is -2.67. The molecule has 1 saturated heterocycles. The van der Waals surface area contributed by atoms with Crippen molar-refractivity contribution in [2.45, 2.75) is 0 Å². The molecule has 0 spiro atoms. The summed E-state index contributed by atoms with van der Waals surface area (Å²) in [5, 5.41) is 4.97. The van der Waals surface area contributed by atoms with E-state index >= 15 is 0 Å². The van der Waals surface area contributed by atoms with E-state index in [0.717, 1.165) is 34.8 Å². The highest BCUT2D eigenvalue weighted by Gasteiger charge is 2.23. The predicted molar refractivity (Wildman–Crippen MR) is 96.7 cm³/mol. The van der Waals surface area contributed by atoms with E-state index in [1.165, 1.54) is 0 Å². The number of nitrogens with one attached hydrogen (secondary N) is 1. The maximum atomic E-state index is 12.4. The number of hydrogen-bond acceptors (Lipinski definition) is 5. The van der Waals surface area contributed by atoms with Crippen molar-refractivity contribution in [3.8, 4) is 0 Å². The van der Waals surface area contributed by atoms with Crippen LogP contribution in [0, 0.1) is 0 Å². The van der Waals surface area contributed by atoms with E-state index in [2.05, 4.69) is 20.2 Å². The van der Waals surface area contributed by atoms with Gasteiger partial charge >= 0.3 is 6.03 Å². The summed E-state index contributed by atoms with van der Waals surface area (Å²) >= 11 is 1.66. The molecular formula is C17H17N5OS. The quantitative estimate of drug-likeness (QED) is 0.779. The van der Waals surface area contributed by atoms with Gasteiger partial charge in [0.15, 0.2) is 0 Å². The molecule has 3 aromatic rings. The van der Waals surface area contributed by atoms with Gasteiger partial charge in [0, 0.05) is 31.9 Å². The molecule has 1 aliphatic heterocycles. The summed E-state index contributed by atoms with van der Waals surface area (Å²) in [6, 6.07) is 11.5. The molecule has 6 nitrogen and oxygen atoms in total. The van der Waals surface area contributed by atoms with Crippen LogP contribution in [0.15, 0.2) is 48.1 Å². The molecule has 2 aromatic heterocycles. The number of nitrogens with zero attached hydrogens (tertiary/aromatic N) is 4. The lowest BCUT2D eigenvalue weighted by molar-refractivity contribution is 0.208. The highest BCUT2D eigenvalue weighted by molar-refractivity contribution is 7.17. The lowest BCUT2D eigenvalue weighted by atomic mass is 10.3. The molecule has 0 radical (unpaired) electrons. The second kappa shape index (κ2) is 6.45. The number of fused-ring (bicyclic) bond motifs is 1. The second-order valence-electron chi connectivity index (χ2n) is 5.60. The van der Waals surface area contributed by atoms with Crippen LogP contribution >= 0.6 is 11.3 Å². The summed E-state index contributed by atoms with van der Waals surface area (Å²) in [7, 11) is 0. The molecule has 1 N–H and O–H groups in total. The summed E-state index contributed by atoms with van der Waals surface area (Å²) in [5.74, 6) is 0.970. The number of carbonyl (C=O) groups is 1. The summed E-state index contributed by atoms with van der Waals surface area (Å²) < 4.78 is 1.11. The highest BCUT2D eigenvalue weighted by Crippen LogP contribution is 2.28. The first-order chi connectivity index (χ1) is 11.8. The Labute approximate surface area is 143 Å². The molecule has 0 atom stereocenters. The Bertz CT molecular complexity index is 842. The van der Waals surface area contributed by atoms with E-state index in [-0.39, 0.29) is 6.03 Å². The van der Waals surface area contributed by atoms with Gasteiger partial charge in [-0.3, -0.25) is 0 Å². The molecule has 1 aliphatic rings. The largest absolute Gasteiger partial charge is 0.352 e. The third-order valence-electron chi connectivity index (χ3n) is 4.12. The molecule has 0 aliphatic carbocycles. The van der Waals surface area contributed by atoms with Crippen LogP contribution in [-0.2, 0) is 0 Å². The van der Waals surface area contributed by atoms with Crippen molar-refractivity contribution in [1.29, 1.82) is 0 Å². The standard InChI is InChI=1S/C17H17N5OS/c23-17(20-13-4-2-1-3-5-13)22-9-7-21(8-10-22)16-15-14(6-11-24-15)18-12-19-16/h1-6,11-12H,7-10H2,(H,20,23). The number of hydrogen-bond donors (Lipinski definition) is 1. The van der Waals surface area contributed by atoms with Crippen LogP contribution < -0.4 is 10.2 Å². The van der Waals surface area contributed by atoms with Gasteiger partial charge in [-0.05, 0) is 23.6 Å². The van der Waals surface area contributed by atoms with E-state index < -0.39 is 0 Å². The van der Waals surface area contributed by atoms with Gasteiger partial charge < -0.3 is 15.1 Å². The predicted octanol–water partition coefficient (Wildman–Crippen LogP) is 3.05. The zero-order valence-corrected chi connectivity index (χ0v) is 13.9. The number of benzene rings is 1. The Morgan fingerprint density at radius 3 is 2.62 bits per heavy atom. The maximum absolute atomic E-state index is 12.4. The van der Waals surface area contributed by atoms with Gasteiger partial charge in [-0.25, -0.2) is 14.8 Å². The van der Waals surface area contributed by atoms with Crippen LogP contribution in [0.2, 0.25) is 0 Å². The average Bonchev–Trinajstić information content (AvgIpc) is 3.11. The van der Waals surface area contributed by atoms with Crippen LogP contribution in [0.4, 0.5) is 16.3 Å². The van der Waals surface area contributed by atoms with Crippen molar-refractivity contribution < 1.29 is 4.79 Å². The molecule has 4 rings (SSSR count). The number of rotatable bonds is 2. The first-order valence-electron chi connectivity index (χ1n) is 7.85. The van der Waals surface area contributed by atoms with Crippen molar-refractivity contribution in [2.75, 3.05) is 36.4 Å². The number of thiophene rings is 1. The fraction of sp³-hybridized carbons (Fsp3) is 0.235. The van der Waals surface area contributed by atoms with Gasteiger partial charge in [0.1, 0.15) is 12.1 Å². The average molecular weight is 339 g/mol. The van der Waals surface area contributed by atoms with E-state index in [4.69, 9.17) is 0 Å². The Balaban J connectivity index is 1.41. The molecule has 7 heteroatoms.